The van der Waals surface area contributed by atoms with Gasteiger partial charge in [-0.15, -0.1) is 0 Å². The van der Waals surface area contributed by atoms with Crippen molar-refractivity contribution in [2.45, 2.75) is 31.7 Å². The predicted octanol–water partition coefficient (Wildman–Crippen LogP) is 3.88. The average Bonchev–Trinajstić information content (AvgIpc) is 3.44. The number of hydrogen-bond acceptors (Lipinski definition) is 4. The molecule has 150 valence electrons. The number of aromatic nitrogens is 3. The van der Waals surface area contributed by atoms with Crippen LogP contribution in [0.4, 0.5) is 0 Å². The largest absolute Gasteiger partial charge is 0.348 e. The van der Waals surface area contributed by atoms with Gasteiger partial charge in [-0.05, 0) is 55.4 Å². The summed E-state index contributed by atoms with van der Waals surface area (Å²) < 4.78 is 0. The molecule has 3 heterocycles. The number of likely N-dealkylation sites (tertiary alicyclic amines) is 1. The normalized spacial score (nSPS) is 18.2. The Morgan fingerprint density at radius 1 is 1.14 bits per heavy atom. The number of carbonyl (C=O) groups is 1. The Bertz CT molecular complexity index is 1040. The highest BCUT2D eigenvalue weighted by molar-refractivity contribution is 6.30. The van der Waals surface area contributed by atoms with E-state index >= 15 is 0 Å². The van der Waals surface area contributed by atoms with Gasteiger partial charge in [-0.1, -0.05) is 17.7 Å². The predicted molar refractivity (Wildman–Crippen MR) is 114 cm³/mol. The summed E-state index contributed by atoms with van der Waals surface area (Å²) in [4.78, 5) is 19.6. The second kappa shape index (κ2) is 7.76. The summed E-state index contributed by atoms with van der Waals surface area (Å²) in [5, 5.41) is 11.8. The zero-order valence-corrected chi connectivity index (χ0v) is 17.0. The van der Waals surface area contributed by atoms with Gasteiger partial charge < -0.3 is 10.2 Å². The Morgan fingerprint density at radius 2 is 1.97 bits per heavy atom. The molecule has 29 heavy (non-hydrogen) atoms. The Balaban J connectivity index is 1.30. The third-order valence-electron chi connectivity index (χ3n) is 5.95. The van der Waals surface area contributed by atoms with Crippen LogP contribution < -0.4 is 5.32 Å². The van der Waals surface area contributed by atoms with Crippen LogP contribution in [-0.4, -0.2) is 51.7 Å². The van der Waals surface area contributed by atoms with E-state index in [1.807, 2.05) is 24.3 Å². The number of benzene rings is 1. The van der Waals surface area contributed by atoms with E-state index in [2.05, 4.69) is 25.4 Å². The first kappa shape index (κ1) is 18.6. The SMILES string of the molecule is O=C(NC1CCN(CC2CC2)CC1)c1n[nH]c2ccc(-c3cncc(Cl)c3)cc12. The van der Waals surface area contributed by atoms with E-state index in [-0.39, 0.29) is 11.9 Å². The number of rotatable bonds is 5. The summed E-state index contributed by atoms with van der Waals surface area (Å²) in [6.07, 6.45) is 8.14. The highest BCUT2D eigenvalue weighted by atomic mass is 35.5. The van der Waals surface area contributed by atoms with Gasteiger partial charge in [0.2, 0.25) is 0 Å². The average molecular weight is 410 g/mol. The third-order valence-corrected chi connectivity index (χ3v) is 6.16. The lowest BCUT2D eigenvalue weighted by Crippen LogP contribution is -2.45. The lowest BCUT2D eigenvalue weighted by molar-refractivity contribution is 0.0906. The van der Waals surface area contributed by atoms with Crippen molar-refractivity contribution in [1.29, 1.82) is 0 Å². The van der Waals surface area contributed by atoms with Crippen molar-refractivity contribution in [1.82, 2.24) is 25.4 Å². The van der Waals surface area contributed by atoms with E-state index in [0.717, 1.165) is 53.9 Å². The van der Waals surface area contributed by atoms with Crippen molar-refractivity contribution in [3.05, 3.63) is 47.4 Å². The second-order valence-corrected chi connectivity index (χ2v) is 8.65. The number of nitrogens with one attached hydrogen (secondary N) is 2. The summed E-state index contributed by atoms with van der Waals surface area (Å²) >= 11 is 6.07. The number of amides is 1. The zero-order valence-electron chi connectivity index (χ0n) is 16.2. The van der Waals surface area contributed by atoms with Crippen molar-refractivity contribution >= 4 is 28.4 Å². The van der Waals surface area contributed by atoms with Gasteiger partial charge in [-0.2, -0.15) is 5.10 Å². The third kappa shape index (κ3) is 4.14. The first-order valence-electron chi connectivity index (χ1n) is 10.3. The maximum Gasteiger partial charge on any atom is 0.272 e. The molecule has 1 amide bonds. The molecule has 0 bridgehead atoms. The molecule has 2 aromatic heterocycles. The molecule has 0 spiro atoms. The Hall–Kier alpha value is -2.44. The molecule has 0 atom stereocenters. The van der Waals surface area contributed by atoms with Gasteiger partial charge in [0.05, 0.1) is 10.5 Å². The first-order valence-corrected chi connectivity index (χ1v) is 10.7. The van der Waals surface area contributed by atoms with E-state index in [1.54, 1.807) is 12.4 Å². The van der Waals surface area contributed by atoms with E-state index in [0.29, 0.717) is 10.7 Å². The molecule has 7 heteroatoms. The van der Waals surface area contributed by atoms with Crippen LogP contribution in [0.5, 0.6) is 0 Å². The molecule has 2 fully saturated rings. The molecule has 2 N–H and O–H groups in total. The lowest BCUT2D eigenvalue weighted by atomic mass is 10.0. The van der Waals surface area contributed by atoms with Crippen LogP contribution in [0.25, 0.3) is 22.0 Å². The minimum atomic E-state index is -0.113. The maximum absolute atomic E-state index is 12.9. The van der Waals surface area contributed by atoms with Crippen molar-refractivity contribution in [2.24, 2.45) is 5.92 Å². The van der Waals surface area contributed by atoms with Gasteiger partial charge in [0.25, 0.3) is 5.91 Å². The summed E-state index contributed by atoms with van der Waals surface area (Å²) in [6, 6.07) is 7.96. The minimum Gasteiger partial charge on any atom is -0.348 e. The summed E-state index contributed by atoms with van der Waals surface area (Å²) in [5.74, 6) is 0.804. The highest BCUT2D eigenvalue weighted by Crippen LogP contribution is 2.31. The smallest absolute Gasteiger partial charge is 0.272 e. The molecule has 1 saturated heterocycles. The fourth-order valence-corrected chi connectivity index (χ4v) is 4.29. The zero-order chi connectivity index (χ0) is 19.8. The van der Waals surface area contributed by atoms with Crippen molar-refractivity contribution < 1.29 is 4.79 Å². The van der Waals surface area contributed by atoms with E-state index < -0.39 is 0 Å². The fourth-order valence-electron chi connectivity index (χ4n) is 4.12. The highest BCUT2D eigenvalue weighted by Gasteiger charge is 2.28. The molecule has 2 aliphatic rings. The molecule has 1 aliphatic carbocycles. The van der Waals surface area contributed by atoms with Crippen molar-refractivity contribution in [3.63, 3.8) is 0 Å². The number of pyridine rings is 1. The van der Waals surface area contributed by atoms with Crippen LogP contribution in [0.2, 0.25) is 5.02 Å². The number of nitrogens with zero attached hydrogens (tertiary/aromatic N) is 3. The number of H-pyrrole nitrogens is 1. The summed E-state index contributed by atoms with van der Waals surface area (Å²) in [7, 11) is 0. The number of halogens is 1. The molecule has 1 aliphatic heterocycles. The Kier molecular flexibility index (Phi) is 4.97. The van der Waals surface area contributed by atoms with Crippen molar-refractivity contribution in [3.8, 4) is 11.1 Å². The quantitative estimate of drug-likeness (QED) is 0.670. The van der Waals surface area contributed by atoms with Crippen LogP contribution in [0.1, 0.15) is 36.2 Å². The molecular formula is C22H24ClN5O. The molecule has 6 nitrogen and oxygen atoms in total. The van der Waals surface area contributed by atoms with Crippen LogP contribution in [0, 0.1) is 5.92 Å². The van der Waals surface area contributed by atoms with Crippen LogP contribution >= 0.6 is 11.6 Å². The van der Waals surface area contributed by atoms with E-state index in [9.17, 15) is 4.79 Å². The topological polar surface area (TPSA) is 73.9 Å². The molecular weight excluding hydrogens is 386 g/mol. The number of fused-ring (bicyclic) bond motifs is 1. The van der Waals surface area contributed by atoms with Gasteiger partial charge in [0.15, 0.2) is 5.69 Å². The van der Waals surface area contributed by atoms with E-state index in [4.69, 9.17) is 11.6 Å². The molecule has 1 aromatic carbocycles. The molecule has 3 aromatic rings. The second-order valence-electron chi connectivity index (χ2n) is 8.22. The number of carbonyl (C=O) groups excluding carboxylic acids is 1. The van der Waals surface area contributed by atoms with Gasteiger partial charge in [0.1, 0.15) is 0 Å². The Morgan fingerprint density at radius 3 is 2.72 bits per heavy atom. The number of aromatic amines is 1. The lowest BCUT2D eigenvalue weighted by Gasteiger charge is -2.32. The Labute approximate surface area is 174 Å². The fraction of sp³-hybridized carbons (Fsp3) is 0.409. The van der Waals surface area contributed by atoms with Crippen LogP contribution in [0.3, 0.4) is 0 Å². The van der Waals surface area contributed by atoms with Gasteiger partial charge >= 0.3 is 0 Å². The van der Waals surface area contributed by atoms with Gasteiger partial charge in [-0.3, -0.25) is 14.9 Å². The summed E-state index contributed by atoms with van der Waals surface area (Å²) in [5.41, 5.74) is 3.15. The standard InChI is InChI=1S/C22H24ClN5O/c23-17-9-16(11-24-12-17)15-3-4-20-19(10-15)21(27-26-20)22(29)25-18-5-7-28(8-6-18)13-14-1-2-14/h3-4,9-12,14,18H,1-2,5-8,13H2,(H,25,29)(H,26,27). The van der Waals surface area contributed by atoms with Gasteiger partial charge in [0, 0.05) is 49.0 Å². The van der Waals surface area contributed by atoms with Crippen LogP contribution in [0.15, 0.2) is 36.7 Å². The van der Waals surface area contributed by atoms with Crippen LogP contribution in [-0.2, 0) is 0 Å². The molecule has 0 unspecified atom stereocenters. The molecule has 0 radical (unpaired) electrons. The maximum atomic E-state index is 12.9. The molecule has 5 rings (SSSR count). The molecule has 1 saturated carbocycles. The first-order chi connectivity index (χ1) is 14.2. The summed E-state index contributed by atoms with van der Waals surface area (Å²) in [6.45, 7) is 3.36. The number of piperidine rings is 1. The monoisotopic (exact) mass is 409 g/mol. The van der Waals surface area contributed by atoms with Crippen molar-refractivity contribution in [2.75, 3.05) is 19.6 Å². The minimum absolute atomic E-state index is 0.113. The van der Waals surface area contributed by atoms with E-state index in [1.165, 1.54) is 19.4 Å². The number of hydrogen-bond donors (Lipinski definition) is 2. The van der Waals surface area contributed by atoms with Gasteiger partial charge in [-0.25, -0.2) is 0 Å².